The fourth-order valence-electron chi connectivity index (χ4n) is 0.189. The van der Waals surface area contributed by atoms with Crippen molar-refractivity contribution < 1.29 is 14.0 Å². The summed E-state index contributed by atoms with van der Waals surface area (Å²) in [5.41, 5.74) is 0. The topological polar surface area (TPSA) is 46.5 Å². The van der Waals surface area contributed by atoms with Gasteiger partial charge in [-0.1, -0.05) is 0 Å². The van der Waals surface area contributed by atoms with Crippen molar-refractivity contribution in [2.75, 3.05) is 0 Å². The summed E-state index contributed by atoms with van der Waals surface area (Å²) in [5, 5.41) is 8.01. The Bertz CT molecular complexity index is 64.0. The molecule has 0 aromatic heterocycles. The normalized spacial score (nSPS) is 10.9. The Hall–Kier alpha value is -0.136. The Morgan fingerprint density at radius 2 is 2.57 bits per heavy atom. The average Bonchev–Trinajstić information content (AvgIpc) is 1.61. The van der Waals surface area contributed by atoms with E-state index in [1.54, 1.807) is 0 Å². The van der Waals surface area contributed by atoms with Crippen LogP contribution in [0.2, 0.25) is 6.04 Å². The van der Waals surface area contributed by atoms with Gasteiger partial charge in [-0.3, -0.25) is 4.79 Å². The van der Waals surface area contributed by atoms with Crippen molar-refractivity contribution in [2.24, 2.45) is 0 Å². The zero-order valence-corrected chi connectivity index (χ0v) is 7.59. The molecule has 0 aliphatic rings. The predicted octanol–water partition coefficient (Wildman–Crippen LogP) is -2.13. The highest BCUT2D eigenvalue weighted by atomic mass is 28.3. The van der Waals surface area contributed by atoms with Gasteiger partial charge < -0.3 is 9.22 Å². The van der Waals surface area contributed by atoms with Gasteiger partial charge in [-0.2, -0.15) is 0 Å². The largest absolute Gasteiger partial charge is 0.481 e. The zero-order valence-electron chi connectivity index (χ0n) is 4.18. The van der Waals surface area contributed by atoms with Gasteiger partial charge in [-0.05, 0) is 0 Å². The third kappa shape index (κ3) is 5.86. The molecule has 5 heteroatoms. The highest BCUT2D eigenvalue weighted by Crippen LogP contribution is 1.74. The summed E-state index contributed by atoms with van der Waals surface area (Å²) in [6.45, 7) is 0. The van der Waals surface area contributed by atoms with Gasteiger partial charge in [-0.15, -0.1) is 0 Å². The third-order valence-electron chi connectivity index (χ3n) is 0.520. The van der Waals surface area contributed by atoms with Gasteiger partial charge >= 0.3 is 5.97 Å². The van der Waals surface area contributed by atoms with E-state index in [1.165, 1.54) is 0 Å². The first-order chi connectivity index (χ1) is 3.27. The minimum Gasteiger partial charge on any atom is -0.481 e. The molecule has 0 aliphatic carbocycles. The van der Waals surface area contributed by atoms with Crippen LogP contribution in [0.5, 0.6) is 0 Å². The molecule has 0 saturated carbocycles. The first-order valence-electron chi connectivity index (χ1n) is 1.98. The van der Waals surface area contributed by atoms with Crippen molar-refractivity contribution in [1.29, 1.82) is 0 Å². The highest BCUT2D eigenvalue weighted by molar-refractivity contribution is 6.38. The van der Waals surface area contributed by atoms with Gasteiger partial charge in [0.1, 0.15) is 10.5 Å². The van der Waals surface area contributed by atoms with Crippen LogP contribution in [0, 0.1) is 0 Å². The molecule has 0 amide bonds. The zero-order chi connectivity index (χ0) is 5.70. The molecule has 0 rings (SSSR count). The van der Waals surface area contributed by atoms with Crippen LogP contribution in [0.3, 0.4) is 0 Å². The van der Waals surface area contributed by atoms with Crippen LogP contribution in [0.4, 0.5) is 0 Å². The predicted molar refractivity (Wildman–Crippen MR) is 32.0 cm³/mol. The Morgan fingerprint density at radius 1 is 2.00 bits per heavy atom. The number of rotatable bonds is 3. The van der Waals surface area contributed by atoms with Gasteiger partial charge in [0.2, 0.25) is 0 Å². The second-order valence-electron chi connectivity index (χ2n) is 1.14. The Balaban J connectivity index is 2.82. The van der Waals surface area contributed by atoms with Gasteiger partial charge in [0.25, 0.3) is 0 Å². The molecule has 1 N–H and O–H groups in total. The maximum absolute atomic E-state index is 9.73. The average molecular weight is 136 g/mol. The van der Waals surface area contributed by atoms with Crippen molar-refractivity contribution in [1.82, 2.24) is 0 Å². The number of hydrogen-bond acceptors (Lipinski definition) is 2. The van der Waals surface area contributed by atoms with Crippen molar-refractivity contribution in [3.8, 4) is 0 Å². The summed E-state index contributed by atoms with van der Waals surface area (Å²) in [5.74, 6) is -0.734. The lowest BCUT2D eigenvalue weighted by molar-refractivity contribution is -0.134. The summed E-state index contributed by atoms with van der Waals surface area (Å²) >= 11 is 0. The molecule has 0 heterocycles. The first kappa shape index (κ1) is 6.86. The number of carboxylic acids is 1. The molecule has 7 heavy (non-hydrogen) atoms. The van der Waals surface area contributed by atoms with Crippen LogP contribution < -0.4 is 0 Å². The Kier molecular flexibility index (Phi) is 3.96. The van der Waals surface area contributed by atoms with Crippen molar-refractivity contribution in [3.63, 3.8) is 0 Å². The fourth-order valence-corrected chi connectivity index (χ4v) is 1.18. The number of aliphatic carboxylic acids is 1. The maximum atomic E-state index is 9.73. The molecule has 0 aliphatic heterocycles. The molecular weight excluding hydrogens is 128 g/mol. The van der Waals surface area contributed by atoms with Crippen molar-refractivity contribution in [3.05, 3.63) is 0 Å². The molecule has 0 spiro atoms. The number of carboxylic acid groups (broad SMARTS) is 1. The van der Waals surface area contributed by atoms with E-state index in [4.69, 9.17) is 9.22 Å². The minimum absolute atomic E-state index is 0.267. The number of carbonyl (C=O) groups is 1. The molecular formula is C2H8O3Si2. The van der Waals surface area contributed by atoms with Crippen LogP contribution >= 0.6 is 0 Å². The van der Waals surface area contributed by atoms with E-state index in [2.05, 4.69) is 0 Å². The molecule has 0 unspecified atom stereocenters. The molecule has 0 aromatic rings. The summed E-state index contributed by atoms with van der Waals surface area (Å²) in [7, 11) is 0.0293. The third-order valence-corrected chi connectivity index (χ3v) is 2.78. The van der Waals surface area contributed by atoms with Crippen molar-refractivity contribution in [2.45, 2.75) is 6.04 Å². The molecule has 0 saturated heterocycles. The van der Waals surface area contributed by atoms with Crippen LogP contribution in [0.1, 0.15) is 0 Å². The van der Waals surface area contributed by atoms with E-state index < -0.39 is 15.7 Å². The second kappa shape index (κ2) is 4.03. The molecule has 42 valence electrons. The van der Waals surface area contributed by atoms with Crippen LogP contribution in [-0.4, -0.2) is 31.3 Å². The molecule has 0 radical (unpaired) electrons. The first-order valence-corrected chi connectivity index (χ1v) is 4.37. The van der Waals surface area contributed by atoms with Gasteiger partial charge in [-0.25, -0.2) is 0 Å². The molecule has 0 aromatic carbocycles. The van der Waals surface area contributed by atoms with Gasteiger partial charge in [0.15, 0.2) is 9.76 Å². The van der Waals surface area contributed by atoms with E-state index in [9.17, 15) is 4.79 Å². The van der Waals surface area contributed by atoms with Crippen LogP contribution in [0.15, 0.2) is 0 Å². The van der Waals surface area contributed by atoms with E-state index in [-0.39, 0.29) is 6.04 Å². The maximum Gasteiger partial charge on any atom is 0.302 e. The number of hydrogen-bond donors (Lipinski definition) is 1. The van der Waals surface area contributed by atoms with Crippen LogP contribution in [-0.2, 0) is 8.91 Å². The van der Waals surface area contributed by atoms with E-state index in [1.807, 2.05) is 0 Å². The Labute approximate surface area is 47.2 Å². The highest BCUT2D eigenvalue weighted by Gasteiger charge is 1.92. The smallest absolute Gasteiger partial charge is 0.302 e. The molecule has 3 nitrogen and oxygen atoms in total. The molecule has 0 atom stereocenters. The lowest BCUT2D eigenvalue weighted by atomic mass is 10.8. The fraction of sp³-hybridized carbons (Fsp3) is 0.500. The summed E-state index contributed by atoms with van der Waals surface area (Å²) in [6, 6.07) is 0.267. The molecule has 0 fully saturated rings. The monoisotopic (exact) mass is 136 g/mol. The quantitative estimate of drug-likeness (QED) is 0.451. The van der Waals surface area contributed by atoms with Crippen molar-refractivity contribution >= 4 is 26.2 Å². The lowest BCUT2D eigenvalue weighted by Gasteiger charge is -1.88. The molecule has 0 bridgehead atoms. The van der Waals surface area contributed by atoms with Gasteiger partial charge in [0.05, 0.1) is 6.04 Å². The van der Waals surface area contributed by atoms with E-state index in [0.29, 0.717) is 10.5 Å². The SMILES string of the molecule is O=C(O)C[SiH2]O[SiH3]. The second-order valence-corrected chi connectivity index (χ2v) is 4.35. The lowest BCUT2D eigenvalue weighted by Crippen LogP contribution is -2.02. The summed E-state index contributed by atoms with van der Waals surface area (Å²) < 4.78 is 4.75. The van der Waals surface area contributed by atoms with E-state index in [0.717, 1.165) is 0 Å². The minimum atomic E-state index is -0.734. The van der Waals surface area contributed by atoms with E-state index >= 15 is 0 Å². The summed E-state index contributed by atoms with van der Waals surface area (Å²) in [4.78, 5) is 9.73. The standard InChI is InChI=1S/C2H8O3Si2/c3-2(4)1-7-5-6/h1,7H2,6H3,(H,3,4). The van der Waals surface area contributed by atoms with Gasteiger partial charge in [0, 0.05) is 0 Å². The van der Waals surface area contributed by atoms with Crippen LogP contribution in [0.25, 0.3) is 0 Å². The summed E-state index contributed by atoms with van der Waals surface area (Å²) in [6.07, 6.45) is 0. The Morgan fingerprint density at radius 3 is 2.71 bits per heavy atom.